The SMILES string of the molecule is Cc1cc2nc3c(=O)[nH]c(=O)nc-3n(CCNCCC(C)(C)C)c2cc1C. The number of benzene rings is 1. The third kappa shape index (κ3) is 4.24. The average molecular weight is 369 g/mol. The van der Waals surface area contributed by atoms with Crippen LogP contribution in [0.2, 0.25) is 0 Å². The van der Waals surface area contributed by atoms with Crippen molar-refractivity contribution in [1.29, 1.82) is 0 Å². The molecule has 2 heterocycles. The van der Waals surface area contributed by atoms with Gasteiger partial charge in [-0.2, -0.15) is 4.98 Å². The Kier molecular flexibility index (Phi) is 5.15. The highest BCUT2D eigenvalue weighted by Gasteiger charge is 2.19. The van der Waals surface area contributed by atoms with Crippen LogP contribution < -0.4 is 16.6 Å². The molecule has 0 saturated carbocycles. The molecular formula is C20H27N5O2. The lowest BCUT2D eigenvalue weighted by Crippen LogP contribution is -2.31. The number of aryl methyl sites for hydroxylation is 2. The van der Waals surface area contributed by atoms with Crippen molar-refractivity contribution in [2.75, 3.05) is 13.1 Å². The molecule has 7 heteroatoms. The van der Waals surface area contributed by atoms with Gasteiger partial charge in [-0.3, -0.25) is 9.78 Å². The molecule has 0 aromatic heterocycles. The van der Waals surface area contributed by atoms with Crippen molar-refractivity contribution in [3.05, 3.63) is 44.1 Å². The van der Waals surface area contributed by atoms with Crippen molar-refractivity contribution >= 4 is 11.0 Å². The number of nitrogens with one attached hydrogen (secondary N) is 2. The number of rotatable bonds is 5. The second-order valence-electron chi connectivity index (χ2n) is 8.29. The minimum absolute atomic E-state index is 0.194. The molecule has 0 aliphatic carbocycles. The highest BCUT2D eigenvalue weighted by atomic mass is 16.2. The van der Waals surface area contributed by atoms with Crippen molar-refractivity contribution in [2.24, 2.45) is 5.41 Å². The number of aromatic amines is 1. The Hall–Kier alpha value is -2.54. The van der Waals surface area contributed by atoms with Gasteiger partial charge in [-0.15, -0.1) is 0 Å². The molecule has 144 valence electrons. The fourth-order valence-electron chi connectivity index (χ4n) is 3.06. The summed E-state index contributed by atoms with van der Waals surface area (Å²) in [6.45, 7) is 12.9. The Balaban J connectivity index is 2.03. The molecule has 27 heavy (non-hydrogen) atoms. The van der Waals surface area contributed by atoms with E-state index >= 15 is 0 Å². The predicted molar refractivity (Wildman–Crippen MR) is 107 cm³/mol. The summed E-state index contributed by atoms with van der Waals surface area (Å²) in [5.74, 6) is 0.331. The minimum atomic E-state index is -0.646. The smallest absolute Gasteiger partial charge is 0.321 e. The van der Waals surface area contributed by atoms with E-state index in [1.165, 1.54) is 0 Å². The molecular weight excluding hydrogens is 342 g/mol. The fraction of sp³-hybridized carbons (Fsp3) is 0.500. The third-order valence-corrected chi connectivity index (χ3v) is 4.79. The van der Waals surface area contributed by atoms with Gasteiger partial charge in [-0.05, 0) is 55.5 Å². The maximum absolute atomic E-state index is 12.2. The van der Waals surface area contributed by atoms with E-state index in [9.17, 15) is 9.59 Å². The zero-order valence-electron chi connectivity index (χ0n) is 16.6. The molecule has 7 nitrogen and oxygen atoms in total. The standard InChI is InChI=1S/C20H27N5O2/c1-12-10-14-15(11-13(12)2)25(9-8-21-7-6-20(3,4)5)17-16(22-14)18(26)24-19(27)23-17/h10-11,21H,6-9H2,1-5H3,(H,24,26,27). The van der Waals surface area contributed by atoms with Gasteiger partial charge in [0.25, 0.3) is 5.56 Å². The quantitative estimate of drug-likeness (QED) is 0.531. The summed E-state index contributed by atoms with van der Waals surface area (Å²) in [5.41, 5.74) is 3.16. The molecule has 1 aromatic carbocycles. The van der Waals surface area contributed by atoms with Gasteiger partial charge in [0.05, 0.1) is 11.0 Å². The lowest BCUT2D eigenvalue weighted by molar-refractivity contribution is 0.365. The van der Waals surface area contributed by atoms with Gasteiger partial charge in [0.1, 0.15) is 0 Å². The molecule has 0 amide bonds. The van der Waals surface area contributed by atoms with E-state index in [1.807, 2.05) is 30.5 Å². The zero-order chi connectivity index (χ0) is 19.8. The molecule has 2 N–H and O–H groups in total. The summed E-state index contributed by atoms with van der Waals surface area (Å²) in [6.07, 6.45) is 1.07. The van der Waals surface area contributed by atoms with Gasteiger partial charge in [-0.1, -0.05) is 20.8 Å². The summed E-state index contributed by atoms with van der Waals surface area (Å²) < 4.78 is 1.92. The minimum Gasteiger partial charge on any atom is -0.321 e. The van der Waals surface area contributed by atoms with E-state index in [-0.39, 0.29) is 11.1 Å². The summed E-state index contributed by atoms with van der Waals surface area (Å²) in [4.78, 5) is 34.7. The Morgan fingerprint density at radius 1 is 1.07 bits per heavy atom. The Morgan fingerprint density at radius 2 is 1.78 bits per heavy atom. The monoisotopic (exact) mass is 369 g/mol. The average Bonchev–Trinajstić information content (AvgIpc) is 2.55. The van der Waals surface area contributed by atoms with Crippen LogP contribution in [-0.4, -0.2) is 32.6 Å². The van der Waals surface area contributed by atoms with Crippen LogP contribution in [0.25, 0.3) is 22.6 Å². The molecule has 2 aliphatic rings. The molecule has 0 bridgehead atoms. The lowest BCUT2D eigenvalue weighted by atomic mass is 9.92. The molecule has 0 atom stereocenters. The molecule has 0 spiro atoms. The largest absolute Gasteiger partial charge is 0.349 e. The van der Waals surface area contributed by atoms with Crippen LogP contribution in [0.5, 0.6) is 0 Å². The van der Waals surface area contributed by atoms with Crippen LogP contribution in [0.1, 0.15) is 38.3 Å². The van der Waals surface area contributed by atoms with Gasteiger partial charge in [0, 0.05) is 13.1 Å². The normalized spacial score (nSPS) is 12.2. The van der Waals surface area contributed by atoms with Gasteiger partial charge in [0.2, 0.25) is 0 Å². The van der Waals surface area contributed by atoms with Crippen LogP contribution in [0.3, 0.4) is 0 Å². The van der Waals surface area contributed by atoms with Crippen LogP contribution in [-0.2, 0) is 6.54 Å². The fourth-order valence-corrected chi connectivity index (χ4v) is 3.06. The van der Waals surface area contributed by atoms with Gasteiger partial charge >= 0.3 is 5.69 Å². The van der Waals surface area contributed by atoms with E-state index in [0.29, 0.717) is 18.9 Å². The maximum atomic E-state index is 12.2. The number of fused-ring (bicyclic) bond motifs is 2. The summed E-state index contributed by atoms with van der Waals surface area (Å²) >= 11 is 0. The van der Waals surface area contributed by atoms with Crippen LogP contribution in [0.15, 0.2) is 21.7 Å². The predicted octanol–water partition coefficient (Wildman–Crippen LogP) is 2.23. The molecule has 2 aliphatic heterocycles. The first kappa shape index (κ1) is 19.2. The highest BCUT2D eigenvalue weighted by molar-refractivity contribution is 5.81. The van der Waals surface area contributed by atoms with Crippen molar-refractivity contribution in [1.82, 2.24) is 24.8 Å². The number of aromatic nitrogens is 4. The molecule has 0 radical (unpaired) electrons. The Labute approximate surface area is 158 Å². The van der Waals surface area contributed by atoms with Gasteiger partial charge in [0.15, 0.2) is 11.5 Å². The molecule has 1 aromatic rings. The lowest BCUT2D eigenvalue weighted by Gasteiger charge is -2.20. The molecule has 0 fully saturated rings. The second kappa shape index (κ2) is 7.23. The number of nitrogens with zero attached hydrogens (tertiary/aromatic N) is 3. The van der Waals surface area contributed by atoms with Crippen LogP contribution in [0, 0.1) is 19.3 Å². The first-order chi connectivity index (χ1) is 12.7. The zero-order valence-corrected chi connectivity index (χ0v) is 16.6. The first-order valence-electron chi connectivity index (χ1n) is 9.28. The van der Waals surface area contributed by atoms with Crippen molar-refractivity contribution in [3.8, 4) is 11.5 Å². The number of hydrogen-bond donors (Lipinski definition) is 2. The summed E-state index contributed by atoms with van der Waals surface area (Å²) in [5, 5.41) is 3.44. The Bertz CT molecular complexity index is 1060. The van der Waals surface area contributed by atoms with Crippen molar-refractivity contribution in [2.45, 2.75) is 47.6 Å². The highest BCUT2D eigenvalue weighted by Crippen LogP contribution is 2.23. The van der Waals surface area contributed by atoms with Crippen molar-refractivity contribution < 1.29 is 0 Å². The van der Waals surface area contributed by atoms with E-state index < -0.39 is 11.2 Å². The van der Waals surface area contributed by atoms with E-state index in [2.05, 4.69) is 41.0 Å². The number of H-pyrrole nitrogens is 1. The summed E-state index contributed by atoms with van der Waals surface area (Å²) in [7, 11) is 0. The Morgan fingerprint density at radius 3 is 2.48 bits per heavy atom. The van der Waals surface area contributed by atoms with Crippen molar-refractivity contribution in [3.63, 3.8) is 0 Å². The molecule has 0 unspecified atom stereocenters. The van der Waals surface area contributed by atoms with Gasteiger partial charge in [-0.25, -0.2) is 9.78 Å². The molecule has 3 rings (SSSR count). The first-order valence-corrected chi connectivity index (χ1v) is 9.28. The second-order valence-corrected chi connectivity index (χ2v) is 8.29. The van der Waals surface area contributed by atoms with E-state index in [1.54, 1.807) is 0 Å². The van der Waals surface area contributed by atoms with Gasteiger partial charge < -0.3 is 9.88 Å². The third-order valence-electron chi connectivity index (χ3n) is 4.79. The number of hydrogen-bond acceptors (Lipinski definition) is 5. The van der Waals surface area contributed by atoms with E-state index in [0.717, 1.165) is 35.1 Å². The van der Waals surface area contributed by atoms with Crippen LogP contribution >= 0.6 is 0 Å². The maximum Gasteiger partial charge on any atom is 0.349 e. The topological polar surface area (TPSA) is 92.7 Å². The van der Waals surface area contributed by atoms with E-state index in [4.69, 9.17) is 0 Å². The van der Waals surface area contributed by atoms with Crippen LogP contribution in [0.4, 0.5) is 0 Å². The summed E-state index contributed by atoms with van der Waals surface area (Å²) in [6, 6.07) is 4.01. The molecule has 0 saturated heterocycles.